The molecule has 2 rings (SSSR count). The van der Waals surface area contributed by atoms with E-state index in [2.05, 4.69) is 10.1 Å². The quantitative estimate of drug-likeness (QED) is 0.641. The minimum Gasteiger partial charge on any atom is -0.495 e. The number of hydrogen-bond donors (Lipinski definition) is 1. The topological polar surface area (TPSA) is 77.8 Å². The molecular weight excluding hydrogens is 346 g/mol. The molecule has 0 saturated carbocycles. The molecule has 0 spiro atoms. The molecule has 0 saturated heterocycles. The summed E-state index contributed by atoms with van der Waals surface area (Å²) in [7, 11) is 2.78. The van der Waals surface area contributed by atoms with Crippen LogP contribution in [0.2, 0.25) is 5.02 Å². The van der Waals surface area contributed by atoms with Crippen LogP contribution in [0.1, 0.15) is 27.4 Å². The molecule has 0 aliphatic heterocycles. The first-order valence-electron chi connectivity index (χ1n) is 7.37. The van der Waals surface area contributed by atoms with E-state index in [1.165, 1.54) is 32.4 Å². The Morgan fingerprint density at radius 2 is 1.92 bits per heavy atom. The first-order chi connectivity index (χ1) is 11.8. The van der Waals surface area contributed by atoms with Gasteiger partial charge in [-0.05, 0) is 37.6 Å². The Bertz CT molecular complexity index is 838. The molecule has 2 aromatic rings. The third-order valence-corrected chi connectivity index (χ3v) is 3.89. The van der Waals surface area contributed by atoms with Gasteiger partial charge in [-0.15, -0.1) is 0 Å². The molecule has 132 valence electrons. The average Bonchev–Trinajstić information content (AvgIpc) is 2.96. The van der Waals surface area contributed by atoms with Gasteiger partial charge in [0, 0.05) is 17.2 Å². The summed E-state index contributed by atoms with van der Waals surface area (Å²) < 4.78 is 15.3. The summed E-state index contributed by atoms with van der Waals surface area (Å²) in [5.41, 5.74) is 1.63. The molecule has 0 aliphatic rings. The van der Waals surface area contributed by atoms with Gasteiger partial charge >= 0.3 is 5.97 Å². The fourth-order valence-corrected chi connectivity index (χ4v) is 2.32. The minimum atomic E-state index is -0.494. The Morgan fingerprint density at radius 1 is 1.20 bits per heavy atom. The number of carbonyl (C=O) groups excluding carboxylic acids is 2. The average molecular weight is 364 g/mol. The number of anilines is 1. The number of esters is 1. The van der Waals surface area contributed by atoms with Gasteiger partial charge in [0.1, 0.15) is 22.8 Å². The van der Waals surface area contributed by atoms with Crippen molar-refractivity contribution in [2.45, 2.75) is 13.8 Å². The molecule has 1 aromatic heterocycles. The molecule has 6 nitrogen and oxygen atoms in total. The highest BCUT2D eigenvalue weighted by atomic mass is 35.5. The van der Waals surface area contributed by atoms with Crippen LogP contribution in [0.4, 0.5) is 5.69 Å². The van der Waals surface area contributed by atoms with Crippen LogP contribution >= 0.6 is 11.6 Å². The number of nitrogens with one attached hydrogen (secondary N) is 1. The molecule has 0 bridgehead atoms. The standard InChI is InChI=1S/C18H18ClNO5/c1-10-7-15(16(23-3)9-14(10)19)20-17(21)6-5-12-8-13(11(2)25-12)18(22)24-4/h5-9H,1-4H3,(H,20,21)/b6-5+. The van der Waals surface area contributed by atoms with Crippen LogP contribution in [0.5, 0.6) is 5.75 Å². The Balaban J connectivity index is 2.14. The Morgan fingerprint density at radius 3 is 2.56 bits per heavy atom. The lowest BCUT2D eigenvalue weighted by Gasteiger charge is -2.11. The molecule has 1 amide bonds. The van der Waals surface area contributed by atoms with Gasteiger partial charge in [0.05, 0.1) is 19.9 Å². The lowest BCUT2D eigenvalue weighted by molar-refractivity contribution is -0.111. The fourth-order valence-electron chi connectivity index (χ4n) is 2.16. The maximum absolute atomic E-state index is 12.1. The predicted octanol–water partition coefficient (Wildman–Crippen LogP) is 4.00. The monoisotopic (exact) mass is 363 g/mol. The molecule has 1 aromatic carbocycles. The first kappa shape index (κ1) is 18.6. The number of benzene rings is 1. The van der Waals surface area contributed by atoms with Gasteiger partial charge in [0.15, 0.2) is 0 Å². The van der Waals surface area contributed by atoms with E-state index in [0.717, 1.165) is 5.56 Å². The number of furan rings is 1. The van der Waals surface area contributed by atoms with Crippen molar-refractivity contribution in [3.05, 3.63) is 51.9 Å². The Kier molecular flexibility index (Phi) is 5.88. The van der Waals surface area contributed by atoms with Crippen molar-refractivity contribution in [1.29, 1.82) is 0 Å². The lowest BCUT2D eigenvalue weighted by Crippen LogP contribution is -2.09. The molecule has 1 N–H and O–H groups in total. The zero-order valence-corrected chi connectivity index (χ0v) is 15.1. The van der Waals surface area contributed by atoms with E-state index in [0.29, 0.717) is 33.5 Å². The largest absolute Gasteiger partial charge is 0.495 e. The van der Waals surface area contributed by atoms with Gasteiger partial charge < -0.3 is 19.2 Å². The van der Waals surface area contributed by atoms with Crippen molar-refractivity contribution in [3.63, 3.8) is 0 Å². The summed E-state index contributed by atoms with van der Waals surface area (Å²) in [6, 6.07) is 4.87. The summed E-state index contributed by atoms with van der Waals surface area (Å²) in [5.74, 6) is 0.369. The highest BCUT2D eigenvalue weighted by Crippen LogP contribution is 2.31. The molecule has 1 heterocycles. The summed E-state index contributed by atoms with van der Waals surface area (Å²) in [6.45, 7) is 3.47. The van der Waals surface area contributed by atoms with Gasteiger partial charge in [-0.3, -0.25) is 4.79 Å². The Hall–Kier alpha value is -2.73. The van der Waals surface area contributed by atoms with E-state index < -0.39 is 5.97 Å². The molecule has 0 aliphatic carbocycles. The van der Waals surface area contributed by atoms with Gasteiger partial charge in [-0.1, -0.05) is 11.6 Å². The van der Waals surface area contributed by atoms with Crippen LogP contribution < -0.4 is 10.1 Å². The maximum atomic E-state index is 12.1. The van der Waals surface area contributed by atoms with Crippen molar-refractivity contribution in [2.75, 3.05) is 19.5 Å². The van der Waals surface area contributed by atoms with Crippen molar-refractivity contribution >= 4 is 35.2 Å². The number of rotatable bonds is 5. The second kappa shape index (κ2) is 7.90. The van der Waals surface area contributed by atoms with Crippen LogP contribution in [0.15, 0.2) is 28.7 Å². The Labute approximate surface area is 150 Å². The first-order valence-corrected chi connectivity index (χ1v) is 7.75. The van der Waals surface area contributed by atoms with Crippen molar-refractivity contribution in [2.24, 2.45) is 0 Å². The third-order valence-electron chi connectivity index (χ3n) is 3.48. The van der Waals surface area contributed by atoms with Crippen LogP contribution in [0.3, 0.4) is 0 Å². The van der Waals surface area contributed by atoms with Gasteiger partial charge in [-0.2, -0.15) is 0 Å². The maximum Gasteiger partial charge on any atom is 0.341 e. The van der Waals surface area contributed by atoms with Gasteiger partial charge in [0.2, 0.25) is 5.91 Å². The summed E-state index contributed by atoms with van der Waals surface area (Å²) in [4.78, 5) is 23.7. The van der Waals surface area contributed by atoms with Crippen molar-refractivity contribution < 1.29 is 23.5 Å². The summed E-state index contributed by atoms with van der Waals surface area (Å²) in [6.07, 6.45) is 2.76. The minimum absolute atomic E-state index is 0.317. The van der Waals surface area contributed by atoms with E-state index in [4.69, 9.17) is 20.8 Å². The van der Waals surface area contributed by atoms with E-state index in [9.17, 15) is 9.59 Å². The molecule has 7 heteroatoms. The van der Waals surface area contributed by atoms with E-state index in [-0.39, 0.29) is 5.91 Å². The van der Waals surface area contributed by atoms with E-state index in [1.807, 2.05) is 6.92 Å². The number of hydrogen-bond acceptors (Lipinski definition) is 5. The molecule has 0 radical (unpaired) electrons. The fraction of sp³-hybridized carbons (Fsp3) is 0.222. The number of carbonyl (C=O) groups is 2. The normalized spacial score (nSPS) is 10.8. The number of aryl methyl sites for hydroxylation is 2. The number of halogens is 1. The van der Waals surface area contributed by atoms with Crippen molar-refractivity contribution in [1.82, 2.24) is 0 Å². The molecular formula is C18H18ClNO5. The highest BCUT2D eigenvalue weighted by molar-refractivity contribution is 6.31. The molecule has 25 heavy (non-hydrogen) atoms. The molecule has 0 unspecified atom stereocenters. The smallest absolute Gasteiger partial charge is 0.341 e. The molecule has 0 fully saturated rings. The van der Waals surface area contributed by atoms with Crippen LogP contribution in [0, 0.1) is 13.8 Å². The van der Waals surface area contributed by atoms with E-state index in [1.54, 1.807) is 19.1 Å². The van der Waals surface area contributed by atoms with Crippen molar-refractivity contribution in [3.8, 4) is 5.75 Å². The predicted molar refractivity (Wildman–Crippen MR) is 95.2 cm³/mol. The van der Waals surface area contributed by atoms with Crippen LogP contribution in [-0.4, -0.2) is 26.1 Å². The summed E-state index contributed by atoms with van der Waals surface area (Å²) in [5, 5.41) is 3.26. The SMILES string of the molecule is COC(=O)c1cc(/C=C/C(=O)Nc2cc(C)c(Cl)cc2OC)oc1C. The van der Waals surface area contributed by atoms with Gasteiger partial charge in [-0.25, -0.2) is 4.79 Å². The zero-order valence-electron chi connectivity index (χ0n) is 14.3. The highest BCUT2D eigenvalue weighted by Gasteiger charge is 2.14. The second-order valence-corrected chi connectivity index (χ2v) is 5.64. The lowest BCUT2D eigenvalue weighted by atomic mass is 10.2. The van der Waals surface area contributed by atoms with Crippen LogP contribution in [0.25, 0.3) is 6.08 Å². The number of methoxy groups -OCH3 is 2. The van der Waals surface area contributed by atoms with Gasteiger partial charge in [0.25, 0.3) is 0 Å². The number of amides is 1. The van der Waals surface area contributed by atoms with E-state index >= 15 is 0 Å². The van der Waals surface area contributed by atoms with Crippen LogP contribution in [-0.2, 0) is 9.53 Å². The third kappa shape index (κ3) is 4.42. The zero-order chi connectivity index (χ0) is 18.6. The summed E-state index contributed by atoms with van der Waals surface area (Å²) >= 11 is 6.04. The molecule has 0 atom stereocenters. The number of ether oxygens (including phenoxy) is 2. The second-order valence-electron chi connectivity index (χ2n) is 5.23.